The Balaban J connectivity index is 1.83. The Kier molecular flexibility index (Phi) is 3.62. The maximum atomic E-state index is 6.34. The summed E-state index contributed by atoms with van der Waals surface area (Å²) in [6.07, 6.45) is 0. The molecule has 136 valence electrons. The van der Waals surface area contributed by atoms with Crippen LogP contribution in [0.15, 0.2) is 103 Å². The molecule has 0 nitrogen and oxygen atoms in total. The molecule has 0 N–H and O–H groups in total. The van der Waals surface area contributed by atoms with E-state index < -0.39 is 0 Å². The van der Waals surface area contributed by atoms with E-state index in [0.29, 0.717) is 0 Å². The molecule has 6 aromatic rings. The van der Waals surface area contributed by atoms with E-state index in [1.54, 1.807) is 0 Å². The third kappa shape index (κ3) is 2.53. The highest BCUT2D eigenvalue weighted by Crippen LogP contribution is 2.40. The minimum Gasteiger partial charge on any atom is -0.0843 e. The first-order chi connectivity index (χ1) is 14.3. The number of benzene rings is 6. The minimum atomic E-state index is 0.766. The van der Waals surface area contributed by atoms with Crippen molar-refractivity contribution in [1.82, 2.24) is 0 Å². The largest absolute Gasteiger partial charge is 0.0843 e. The zero-order valence-electron chi connectivity index (χ0n) is 15.7. The quantitative estimate of drug-likeness (QED) is 0.247. The predicted octanol–water partition coefficient (Wildman–Crippen LogP) is 8.62. The van der Waals surface area contributed by atoms with Gasteiger partial charge in [-0.1, -0.05) is 90.5 Å². The Hall–Kier alpha value is -3.35. The molecule has 0 radical (unpaired) electrons. The summed E-state index contributed by atoms with van der Waals surface area (Å²) >= 11 is 6.34. The van der Waals surface area contributed by atoms with E-state index in [1.165, 1.54) is 54.2 Å². The Morgan fingerprint density at radius 1 is 0.379 bits per heavy atom. The molecule has 1 heteroatoms. The zero-order chi connectivity index (χ0) is 19.4. The maximum absolute atomic E-state index is 6.34. The van der Waals surface area contributed by atoms with Gasteiger partial charge in [-0.05, 0) is 78.5 Å². The second kappa shape index (κ2) is 6.34. The average Bonchev–Trinajstić information content (AvgIpc) is 2.78. The molecule has 0 saturated heterocycles. The predicted molar refractivity (Wildman–Crippen MR) is 127 cm³/mol. The van der Waals surface area contributed by atoms with Crippen LogP contribution in [-0.4, -0.2) is 0 Å². The molecule has 0 bridgehead atoms. The summed E-state index contributed by atoms with van der Waals surface area (Å²) in [5, 5.41) is 10.8. The lowest BCUT2D eigenvalue weighted by Gasteiger charge is -2.15. The molecule has 0 aliphatic heterocycles. The van der Waals surface area contributed by atoms with Crippen LogP contribution in [-0.2, 0) is 0 Å². The molecule has 29 heavy (non-hydrogen) atoms. The third-order valence-electron chi connectivity index (χ3n) is 5.88. The first kappa shape index (κ1) is 16.6. The summed E-state index contributed by atoms with van der Waals surface area (Å²) in [4.78, 5) is 0. The summed E-state index contributed by atoms with van der Waals surface area (Å²) in [5.74, 6) is 0. The smallest absolute Gasteiger partial charge is 0.0412 e. The topological polar surface area (TPSA) is 0 Å². The standard InChI is InChI=1S/C28H17Cl/c29-20-13-14-22-19(15-20)17-28(26-12-6-4-10-24(22)26)27-16-18-7-1-2-8-21(18)23-9-3-5-11-25(23)27/h1-17H. The minimum absolute atomic E-state index is 0.766. The van der Waals surface area contributed by atoms with Crippen molar-refractivity contribution in [3.63, 3.8) is 0 Å². The van der Waals surface area contributed by atoms with Gasteiger partial charge in [-0.25, -0.2) is 0 Å². The Labute approximate surface area is 174 Å². The number of hydrogen-bond acceptors (Lipinski definition) is 0. The lowest BCUT2D eigenvalue weighted by molar-refractivity contribution is 1.71. The van der Waals surface area contributed by atoms with Crippen LogP contribution in [0.25, 0.3) is 54.2 Å². The van der Waals surface area contributed by atoms with Crippen molar-refractivity contribution in [3.05, 3.63) is 108 Å². The molecule has 0 heterocycles. The highest BCUT2D eigenvalue weighted by Gasteiger charge is 2.13. The van der Waals surface area contributed by atoms with E-state index >= 15 is 0 Å². The molecule has 0 atom stereocenters. The van der Waals surface area contributed by atoms with Crippen LogP contribution >= 0.6 is 11.6 Å². The van der Waals surface area contributed by atoms with Gasteiger partial charge in [-0.15, -0.1) is 0 Å². The summed E-state index contributed by atoms with van der Waals surface area (Å²) in [6.45, 7) is 0. The molecule has 0 saturated carbocycles. The van der Waals surface area contributed by atoms with Crippen molar-refractivity contribution in [2.24, 2.45) is 0 Å². The highest BCUT2D eigenvalue weighted by molar-refractivity contribution is 6.32. The third-order valence-corrected chi connectivity index (χ3v) is 6.11. The van der Waals surface area contributed by atoms with Gasteiger partial charge in [0.2, 0.25) is 0 Å². The van der Waals surface area contributed by atoms with E-state index in [4.69, 9.17) is 11.6 Å². The van der Waals surface area contributed by atoms with Crippen molar-refractivity contribution < 1.29 is 0 Å². The van der Waals surface area contributed by atoms with Gasteiger partial charge in [0.05, 0.1) is 0 Å². The van der Waals surface area contributed by atoms with Crippen LogP contribution < -0.4 is 0 Å². The van der Waals surface area contributed by atoms with Crippen LogP contribution in [0.3, 0.4) is 0 Å². The number of fused-ring (bicyclic) bond motifs is 6. The normalized spacial score (nSPS) is 11.6. The highest BCUT2D eigenvalue weighted by atomic mass is 35.5. The second-order valence-electron chi connectivity index (χ2n) is 7.53. The van der Waals surface area contributed by atoms with Crippen molar-refractivity contribution >= 4 is 54.7 Å². The van der Waals surface area contributed by atoms with Gasteiger partial charge in [0.1, 0.15) is 0 Å². The number of hydrogen-bond donors (Lipinski definition) is 0. The summed E-state index contributed by atoms with van der Waals surface area (Å²) in [5.41, 5.74) is 2.51. The maximum Gasteiger partial charge on any atom is 0.0412 e. The lowest BCUT2D eigenvalue weighted by atomic mass is 9.89. The molecule has 6 aromatic carbocycles. The average molecular weight is 389 g/mol. The van der Waals surface area contributed by atoms with E-state index in [0.717, 1.165) is 5.02 Å². The summed E-state index contributed by atoms with van der Waals surface area (Å²) in [7, 11) is 0. The van der Waals surface area contributed by atoms with E-state index in [9.17, 15) is 0 Å². The van der Waals surface area contributed by atoms with E-state index in [2.05, 4.69) is 97.1 Å². The second-order valence-corrected chi connectivity index (χ2v) is 7.96. The van der Waals surface area contributed by atoms with Crippen LogP contribution in [0, 0.1) is 0 Å². The summed E-state index contributed by atoms with van der Waals surface area (Å²) < 4.78 is 0. The van der Waals surface area contributed by atoms with Crippen LogP contribution in [0.2, 0.25) is 5.02 Å². The molecule has 6 rings (SSSR count). The first-order valence-electron chi connectivity index (χ1n) is 9.81. The van der Waals surface area contributed by atoms with E-state index in [1.807, 2.05) is 6.07 Å². The lowest BCUT2D eigenvalue weighted by Crippen LogP contribution is -1.88. The van der Waals surface area contributed by atoms with Gasteiger partial charge in [0.25, 0.3) is 0 Å². The first-order valence-corrected chi connectivity index (χ1v) is 10.2. The molecular weight excluding hydrogens is 372 g/mol. The van der Waals surface area contributed by atoms with Gasteiger partial charge in [0, 0.05) is 5.02 Å². The SMILES string of the molecule is Clc1ccc2c(c1)cc(-c1cc3ccccc3c3ccccc13)c1ccccc12. The van der Waals surface area contributed by atoms with Crippen LogP contribution in [0.4, 0.5) is 0 Å². The molecule has 0 aliphatic rings. The fourth-order valence-corrected chi connectivity index (χ4v) is 4.76. The molecular formula is C28H17Cl. The summed E-state index contributed by atoms with van der Waals surface area (Å²) in [6, 6.07) is 36.8. The van der Waals surface area contributed by atoms with Gasteiger partial charge >= 0.3 is 0 Å². The molecule has 0 fully saturated rings. The molecule has 0 aliphatic carbocycles. The van der Waals surface area contributed by atoms with Gasteiger partial charge in [-0.3, -0.25) is 0 Å². The fraction of sp³-hybridized carbons (Fsp3) is 0. The van der Waals surface area contributed by atoms with Crippen molar-refractivity contribution in [3.8, 4) is 11.1 Å². The Bertz CT molecular complexity index is 1560. The number of rotatable bonds is 1. The Morgan fingerprint density at radius 3 is 1.52 bits per heavy atom. The van der Waals surface area contributed by atoms with Crippen molar-refractivity contribution in [2.45, 2.75) is 0 Å². The van der Waals surface area contributed by atoms with Crippen LogP contribution in [0.1, 0.15) is 0 Å². The zero-order valence-corrected chi connectivity index (χ0v) is 16.4. The molecule has 0 aromatic heterocycles. The number of halogens is 1. The van der Waals surface area contributed by atoms with Gasteiger partial charge in [0.15, 0.2) is 0 Å². The molecule has 0 amide bonds. The molecule has 0 unspecified atom stereocenters. The van der Waals surface area contributed by atoms with E-state index in [-0.39, 0.29) is 0 Å². The Morgan fingerprint density at radius 2 is 0.862 bits per heavy atom. The van der Waals surface area contributed by atoms with Crippen LogP contribution in [0.5, 0.6) is 0 Å². The van der Waals surface area contributed by atoms with Gasteiger partial charge < -0.3 is 0 Å². The monoisotopic (exact) mass is 388 g/mol. The van der Waals surface area contributed by atoms with Crippen molar-refractivity contribution in [2.75, 3.05) is 0 Å². The fourth-order valence-electron chi connectivity index (χ4n) is 4.58. The van der Waals surface area contributed by atoms with Crippen molar-refractivity contribution in [1.29, 1.82) is 0 Å². The van der Waals surface area contributed by atoms with Gasteiger partial charge in [-0.2, -0.15) is 0 Å². The molecule has 0 spiro atoms.